The lowest BCUT2D eigenvalue weighted by molar-refractivity contribution is 0.414. The molecule has 3 aromatic rings. The minimum absolute atomic E-state index is 0.0493. The van der Waals surface area contributed by atoms with Crippen LogP contribution in [0.25, 0.3) is 16.6 Å². The van der Waals surface area contributed by atoms with Gasteiger partial charge in [0.05, 0.1) is 23.7 Å². The maximum Gasteiger partial charge on any atom is 0.266 e. The molecule has 1 aromatic heterocycles. The molecule has 0 unspecified atom stereocenters. The Labute approximate surface area is 132 Å². The predicted molar refractivity (Wildman–Crippen MR) is 90.3 cm³/mol. The first-order chi connectivity index (χ1) is 10.7. The molecule has 112 valence electrons. The summed E-state index contributed by atoms with van der Waals surface area (Å²) in [5, 5.41) is 1.33. The van der Waals surface area contributed by atoms with Crippen LogP contribution in [0.1, 0.15) is 6.92 Å². The van der Waals surface area contributed by atoms with Gasteiger partial charge in [0.1, 0.15) is 5.75 Å². The van der Waals surface area contributed by atoms with Gasteiger partial charge in [0.15, 0.2) is 5.16 Å². The van der Waals surface area contributed by atoms with Crippen molar-refractivity contribution in [1.29, 1.82) is 0 Å². The molecule has 0 aliphatic carbocycles. The van der Waals surface area contributed by atoms with Gasteiger partial charge in [-0.2, -0.15) is 0 Å². The summed E-state index contributed by atoms with van der Waals surface area (Å²) in [6.07, 6.45) is 0. The van der Waals surface area contributed by atoms with E-state index in [2.05, 4.69) is 4.98 Å². The van der Waals surface area contributed by atoms with Gasteiger partial charge < -0.3 is 4.74 Å². The third kappa shape index (κ3) is 2.60. The van der Waals surface area contributed by atoms with E-state index in [1.807, 2.05) is 55.5 Å². The van der Waals surface area contributed by atoms with Crippen LogP contribution in [0.3, 0.4) is 0 Å². The molecule has 0 atom stereocenters. The van der Waals surface area contributed by atoms with Gasteiger partial charge in [-0.15, -0.1) is 0 Å². The van der Waals surface area contributed by atoms with Crippen LogP contribution in [0.5, 0.6) is 5.75 Å². The Morgan fingerprint density at radius 3 is 2.55 bits per heavy atom. The lowest BCUT2D eigenvalue weighted by Gasteiger charge is -2.13. The number of ether oxygens (including phenoxy) is 1. The number of methoxy groups -OCH3 is 1. The molecule has 1 heterocycles. The van der Waals surface area contributed by atoms with E-state index >= 15 is 0 Å². The number of para-hydroxylation sites is 1. The Kier molecular flexibility index (Phi) is 4.15. The van der Waals surface area contributed by atoms with Crippen molar-refractivity contribution in [3.8, 4) is 11.4 Å². The molecule has 5 heteroatoms. The molecule has 0 aliphatic heterocycles. The predicted octanol–water partition coefficient (Wildman–Crippen LogP) is 3.51. The molecular formula is C17H16N2O2S. The average Bonchev–Trinajstić information content (AvgIpc) is 2.56. The quantitative estimate of drug-likeness (QED) is 0.546. The smallest absolute Gasteiger partial charge is 0.266 e. The van der Waals surface area contributed by atoms with Crippen LogP contribution in [-0.4, -0.2) is 22.4 Å². The van der Waals surface area contributed by atoms with Gasteiger partial charge in [-0.3, -0.25) is 9.36 Å². The Hall–Kier alpha value is -2.27. The van der Waals surface area contributed by atoms with Gasteiger partial charge in [0.25, 0.3) is 5.56 Å². The zero-order valence-corrected chi connectivity index (χ0v) is 13.3. The van der Waals surface area contributed by atoms with Crippen LogP contribution in [-0.2, 0) is 0 Å². The first kappa shape index (κ1) is 14.7. The Bertz CT molecular complexity index is 857. The summed E-state index contributed by atoms with van der Waals surface area (Å²) >= 11 is 1.56. The van der Waals surface area contributed by atoms with E-state index in [0.717, 1.165) is 22.7 Å². The molecule has 0 bridgehead atoms. The molecule has 0 saturated heterocycles. The fraction of sp³-hybridized carbons (Fsp3) is 0.176. The van der Waals surface area contributed by atoms with Gasteiger partial charge >= 0.3 is 0 Å². The maximum atomic E-state index is 12.9. The molecule has 4 nitrogen and oxygen atoms in total. The zero-order valence-electron chi connectivity index (χ0n) is 12.4. The molecule has 0 saturated carbocycles. The normalized spacial score (nSPS) is 10.8. The van der Waals surface area contributed by atoms with Gasteiger partial charge in [-0.25, -0.2) is 4.98 Å². The van der Waals surface area contributed by atoms with E-state index in [1.54, 1.807) is 23.4 Å². The summed E-state index contributed by atoms with van der Waals surface area (Å²) in [6.45, 7) is 2.05. The molecule has 0 amide bonds. The molecule has 22 heavy (non-hydrogen) atoms. The van der Waals surface area contributed by atoms with E-state index in [1.165, 1.54) is 0 Å². The first-order valence-electron chi connectivity index (χ1n) is 7.03. The third-order valence-corrected chi connectivity index (χ3v) is 4.17. The Morgan fingerprint density at radius 1 is 1.14 bits per heavy atom. The fourth-order valence-electron chi connectivity index (χ4n) is 2.30. The minimum Gasteiger partial charge on any atom is -0.497 e. The van der Waals surface area contributed by atoms with Crippen LogP contribution >= 0.6 is 11.8 Å². The number of benzene rings is 2. The summed E-state index contributed by atoms with van der Waals surface area (Å²) in [5.74, 6) is 1.61. The van der Waals surface area contributed by atoms with Crippen molar-refractivity contribution in [3.63, 3.8) is 0 Å². The lowest BCUT2D eigenvalue weighted by atomic mass is 10.2. The summed E-state index contributed by atoms with van der Waals surface area (Å²) in [5.41, 5.74) is 1.47. The standard InChI is InChI=1S/C17H16N2O2S/c1-3-22-17-18-15-7-5-4-6-14(15)16(20)19(17)12-8-10-13(21-2)11-9-12/h4-11H,3H2,1-2H3. The number of hydrogen-bond donors (Lipinski definition) is 0. The molecule has 0 aliphatic rings. The highest BCUT2D eigenvalue weighted by atomic mass is 32.2. The van der Waals surface area contributed by atoms with Crippen LogP contribution < -0.4 is 10.3 Å². The molecule has 0 N–H and O–H groups in total. The van der Waals surface area contributed by atoms with Gasteiger partial charge in [-0.1, -0.05) is 30.8 Å². The van der Waals surface area contributed by atoms with Gasteiger partial charge in [0.2, 0.25) is 0 Å². The van der Waals surface area contributed by atoms with E-state index < -0.39 is 0 Å². The average molecular weight is 312 g/mol. The highest BCUT2D eigenvalue weighted by Crippen LogP contribution is 2.22. The topological polar surface area (TPSA) is 44.1 Å². The largest absolute Gasteiger partial charge is 0.497 e. The van der Waals surface area contributed by atoms with Crippen molar-refractivity contribution in [3.05, 3.63) is 58.9 Å². The number of nitrogens with zero attached hydrogens (tertiary/aromatic N) is 2. The van der Waals surface area contributed by atoms with E-state index in [-0.39, 0.29) is 5.56 Å². The van der Waals surface area contributed by atoms with Gasteiger partial charge in [0, 0.05) is 0 Å². The Balaban J connectivity index is 2.27. The van der Waals surface area contributed by atoms with Crippen molar-refractivity contribution in [1.82, 2.24) is 9.55 Å². The second-order valence-corrected chi connectivity index (χ2v) is 5.91. The van der Waals surface area contributed by atoms with Crippen LogP contribution in [0.4, 0.5) is 0 Å². The zero-order chi connectivity index (χ0) is 15.5. The first-order valence-corrected chi connectivity index (χ1v) is 8.02. The molecule has 0 radical (unpaired) electrons. The van der Waals surface area contributed by atoms with Crippen LogP contribution in [0.2, 0.25) is 0 Å². The van der Waals surface area contributed by atoms with E-state index in [4.69, 9.17) is 4.74 Å². The van der Waals surface area contributed by atoms with Crippen molar-refractivity contribution < 1.29 is 4.74 Å². The lowest BCUT2D eigenvalue weighted by Crippen LogP contribution is -2.21. The Morgan fingerprint density at radius 2 is 1.86 bits per heavy atom. The number of rotatable bonds is 4. The fourth-order valence-corrected chi connectivity index (χ4v) is 3.04. The minimum atomic E-state index is -0.0493. The van der Waals surface area contributed by atoms with Crippen molar-refractivity contribution in [2.45, 2.75) is 12.1 Å². The molecule has 2 aromatic carbocycles. The number of hydrogen-bond acceptors (Lipinski definition) is 4. The summed E-state index contributed by atoms with van der Waals surface area (Å²) in [6, 6.07) is 14.9. The molecule has 0 fully saturated rings. The second-order valence-electron chi connectivity index (χ2n) is 4.68. The summed E-state index contributed by atoms with van der Waals surface area (Å²) in [7, 11) is 1.62. The monoisotopic (exact) mass is 312 g/mol. The van der Waals surface area contributed by atoms with Crippen molar-refractivity contribution >= 4 is 22.7 Å². The van der Waals surface area contributed by atoms with Crippen molar-refractivity contribution in [2.24, 2.45) is 0 Å². The third-order valence-electron chi connectivity index (χ3n) is 3.35. The second kappa shape index (κ2) is 6.23. The van der Waals surface area contributed by atoms with Crippen LogP contribution in [0.15, 0.2) is 58.5 Å². The highest BCUT2D eigenvalue weighted by molar-refractivity contribution is 7.99. The number of fused-ring (bicyclic) bond motifs is 1. The van der Waals surface area contributed by atoms with Crippen molar-refractivity contribution in [2.75, 3.05) is 12.9 Å². The van der Waals surface area contributed by atoms with Gasteiger partial charge in [-0.05, 0) is 42.2 Å². The number of aromatic nitrogens is 2. The summed E-state index contributed by atoms with van der Waals surface area (Å²) in [4.78, 5) is 17.5. The SMILES string of the molecule is CCSc1nc2ccccc2c(=O)n1-c1ccc(OC)cc1. The molecule has 3 rings (SSSR count). The maximum absolute atomic E-state index is 12.9. The molecular weight excluding hydrogens is 296 g/mol. The van der Waals surface area contributed by atoms with Crippen LogP contribution in [0, 0.1) is 0 Å². The molecule has 0 spiro atoms. The highest BCUT2D eigenvalue weighted by Gasteiger charge is 2.12. The number of thioether (sulfide) groups is 1. The van der Waals surface area contributed by atoms with E-state index in [0.29, 0.717) is 10.5 Å². The summed E-state index contributed by atoms with van der Waals surface area (Å²) < 4.78 is 6.84. The van der Waals surface area contributed by atoms with E-state index in [9.17, 15) is 4.79 Å².